The van der Waals surface area contributed by atoms with E-state index in [0.717, 1.165) is 0 Å². The van der Waals surface area contributed by atoms with Gasteiger partial charge in [0, 0.05) is 17.5 Å². The van der Waals surface area contributed by atoms with Gasteiger partial charge >= 0.3 is 0 Å². The van der Waals surface area contributed by atoms with Gasteiger partial charge in [0.2, 0.25) is 5.78 Å². The molecular formula is C14H12O4. The molecule has 0 saturated heterocycles. The molecule has 1 aromatic rings. The number of aliphatic hydroxyl groups is 1. The van der Waals surface area contributed by atoms with Crippen LogP contribution in [0.25, 0.3) is 0 Å². The first-order chi connectivity index (χ1) is 8.59. The van der Waals surface area contributed by atoms with Gasteiger partial charge in [0.1, 0.15) is 6.10 Å². The third-order valence-corrected chi connectivity index (χ3v) is 3.38. The molecule has 2 unspecified atom stereocenters. The van der Waals surface area contributed by atoms with Crippen molar-refractivity contribution in [2.45, 2.75) is 25.6 Å². The van der Waals surface area contributed by atoms with Crippen LogP contribution in [0.2, 0.25) is 0 Å². The Bertz CT molecular complexity index is 536. The molecule has 2 atom stereocenters. The van der Waals surface area contributed by atoms with Crippen molar-refractivity contribution in [1.82, 2.24) is 0 Å². The molecule has 0 bridgehead atoms. The largest absolute Gasteiger partial charge is 0.483 e. The summed E-state index contributed by atoms with van der Waals surface area (Å²) in [7, 11) is 0. The van der Waals surface area contributed by atoms with Gasteiger partial charge in [-0.25, -0.2) is 0 Å². The second-order valence-electron chi connectivity index (χ2n) is 4.61. The zero-order chi connectivity index (χ0) is 12.9. The number of allylic oxidation sites excluding steroid dienone is 1. The average Bonchev–Trinajstić information content (AvgIpc) is 2.81. The van der Waals surface area contributed by atoms with Gasteiger partial charge in [-0.1, -0.05) is 24.3 Å². The lowest BCUT2D eigenvalue weighted by molar-refractivity contribution is 0.0218. The number of ketones is 2. The molecular weight excluding hydrogens is 232 g/mol. The SMILES string of the molecule is CC(O)C1CC2=C(O1)C(=O)c1ccccc1C2=O. The van der Waals surface area contributed by atoms with Crippen LogP contribution in [0.1, 0.15) is 34.1 Å². The normalized spacial score (nSPS) is 23.6. The van der Waals surface area contributed by atoms with Crippen LogP contribution < -0.4 is 0 Å². The van der Waals surface area contributed by atoms with Gasteiger partial charge in [-0.2, -0.15) is 0 Å². The first-order valence-corrected chi connectivity index (χ1v) is 5.86. The number of fused-ring (bicyclic) bond motifs is 1. The fourth-order valence-corrected chi connectivity index (χ4v) is 2.38. The molecule has 1 aliphatic heterocycles. The molecule has 4 nitrogen and oxygen atoms in total. The summed E-state index contributed by atoms with van der Waals surface area (Å²) in [5, 5.41) is 9.51. The number of hydrogen-bond acceptors (Lipinski definition) is 4. The molecule has 2 aliphatic rings. The number of Topliss-reactive ketones (excluding diaryl/α,β-unsaturated/α-hetero) is 2. The number of carbonyl (C=O) groups excluding carboxylic acids is 2. The maximum Gasteiger partial charge on any atom is 0.228 e. The van der Waals surface area contributed by atoms with E-state index in [2.05, 4.69) is 0 Å². The van der Waals surface area contributed by atoms with Gasteiger partial charge in [0.15, 0.2) is 11.5 Å². The van der Waals surface area contributed by atoms with Crippen LogP contribution in [0, 0.1) is 0 Å². The molecule has 0 saturated carbocycles. The minimum atomic E-state index is -0.709. The van der Waals surface area contributed by atoms with Crippen LogP contribution in [-0.2, 0) is 4.74 Å². The Hall–Kier alpha value is -1.94. The molecule has 0 aromatic heterocycles. The summed E-state index contributed by atoms with van der Waals surface area (Å²) in [4.78, 5) is 24.4. The van der Waals surface area contributed by atoms with Gasteiger partial charge in [0.05, 0.1) is 11.7 Å². The van der Waals surface area contributed by atoms with E-state index < -0.39 is 12.2 Å². The maximum absolute atomic E-state index is 12.2. The van der Waals surface area contributed by atoms with E-state index in [1.54, 1.807) is 31.2 Å². The molecule has 1 heterocycles. The van der Waals surface area contributed by atoms with Gasteiger partial charge in [-0.15, -0.1) is 0 Å². The summed E-state index contributed by atoms with van der Waals surface area (Å²) in [5.74, 6) is -0.309. The van der Waals surface area contributed by atoms with Crippen LogP contribution in [0.15, 0.2) is 35.6 Å². The van der Waals surface area contributed by atoms with Crippen molar-refractivity contribution in [3.05, 3.63) is 46.7 Å². The molecule has 92 valence electrons. The van der Waals surface area contributed by atoms with Crippen LogP contribution in [0.4, 0.5) is 0 Å². The second kappa shape index (κ2) is 3.78. The van der Waals surface area contributed by atoms with Crippen molar-refractivity contribution in [2.75, 3.05) is 0 Å². The highest BCUT2D eigenvalue weighted by molar-refractivity contribution is 6.26. The third-order valence-electron chi connectivity index (χ3n) is 3.38. The molecule has 1 aromatic carbocycles. The third kappa shape index (κ3) is 1.42. The van der Waals surface area contributed by atoms with Crippen LogP contribution >= 0.6 is 0 Å². The van der Waals surface area contributed by atoms with Crippen LogP contribution in [0.5, 0.6) is 0 Å². The van der Waals surface area contributed by atoms with E-state index in [1.165, 1.54) is 0 Å². The van der Waals surface area contributed by atoms with E-state index in [9.17, 15) is 14.7 Å². The lowest BCUT2D eigenvalue weighted by Gasteiger charge is -2.16. The Labute approximate surface area is 104 Å². The van der Waals surface area contributed by atoms with Gasteiger partial charge in [-0.3, -0.25) is 9.59 Å². The van der Waals surface area contributed by atoms with Gasteiger partial charge in [-0.05, 0) is 6.92 Å². The highest BCUT2D eigenvalue weighted by Gasteiger charge is 2.41. The standard InChI is InChI=1S/C14H12O4/c1-7(15)11-6-10-12(16)8-4-2-3-5-9(8)13(17)14(10)18-11/h2-5,7,11,15H,6H2,1H3. The van der Waals surface area contributed by atoms with E-state index in [0.29, 0.717) is 23.1 Å². The fraction of sp³-hybridized carbons (Fsp3) is 0.286. The van der Waals surface area contributed by atoms with E-state index in [-0.39, 0.29) is 17.3 Å². The molecule has 0 fully saturated rings. The number of ether oxygens (including phenoxy) is 1. The summed E-state index contributed by atoms with van der Waals surface area (Å²) < 4.78 is 5.43. The zero-order valence-electron chi connectivity index (χ0n) is 9.84. The monoisotopic (exact) mass is 244 g/mol. The molecule has 18 heavy (non-hydrogen) atoms. The van der Waals surface area contributed by atoms with E-state index >= 15 is 0 Å². The van der Waals surface area contributed by atoms with E-state index in [4.69, 9.17) is 4.74 Å². The molecule has 1 N–H and O–H groups in total. The number of benzene rings is 1. The summed E-state index contributed by atoms with van der Waals surface area (Å²) in [6.07, 6.45) is -0.914. The first kappa shape index (κ1) is 11.2. The van der Waals surface area contributed by atoms with Crippen molar-refractivity contribution >= 4 is 11.6 Å². The van der Waals surface area contributed by atoms with Crippen molar-refractivity contribution < 1.29 is 19.4 Å². The Balaban J connectivity index is 2.06. The molecule has 0 amide bonds. The molecule has 0 spiro atoms. The summed E-state index contributed by atoms with van der Waals surface area (Å²) in [6.45, 7) is 1.59. The topological polar surface area (TPSA) is 63.6 Å². The fourth-order valence-electron chi connectivity index (χ4n) is 2.38. The average molecular weight is 244 g/mol. The molecule has 3 rings (SSSR count). The first-order valence-electron chi connectivity index (χ1n) is 5.86. The summed E-state index contributed by atoms with van der Waals surface area (Å²) in [5.41, 5.74) is 1.20. The smallest absolute Gasteiger partial charge is 0.228 e. The highest BCUT2D eigenvalue weighted by Crippen LogP contribution is 2.36. The molecule has 4 heteroatoms. The number of rotatable bonds is 1. The van der Waals surface area contributed by atoms with Crippen molar-refractivity contribution in [3.63, 3.8) is 0 Å². The van der Waals surface area contributed by atoms with Crippen LogP contribution in [0.3, 0.4) is 0 Å². The Morgan fingerprint density at radius 3 is 2.44 bits per heavy atom. The van der Waals surface area contributed by atoms with Crippen LogP contribution in [-0.4, -0.2) is 28.9 Å². The predicted octanol–water partition coefficient (Wildman–Crippen LogP) is 1.49. The van der Waals surface area contributed by atoms with Crippen molar-refractivity contribution in [3.8, 4) is 0 Å². The predicted molar refractivity (Wildman–Crippen MR) is 63.3 cm³/mol. The molecule has 1 aliphatic carbocycles. The second-order valence-corrected chi connectivity index (χ2v) is 4.61. The maximum atomic E-state index is 12.2. The summed E-state index contributed by atoms with van der Waals surface area (Å²) >= 11 is 0. The van der Waals surface area contributed by atoms with Crippen molar-refractivity contribution in [1.29, 1.82) is 0 Å². The number of hydrogen-bond donors (Lipinski definition) is 1. The quantitative estimate of drug-likeness (QED) is 0.813. The van der Waals surface area contributed by atoms with Gasteiger partial charge in [0.25, 0.3) is 0 Å². The molecule has 0 radical (unpaired) electrons. The minimum Gasteiger partial charge on any atom is -0.483 e. The Kier molecular flexibility index (Phi) is 2.35. The summed E-state index contributed by atoms with van der Waals surface area (Å²) in [6, 6.07) is 6.72. The van der Waals surface area contributed by atoms with Crippen molar-refractivity contribution in [2.24, 2.45) is 0 Å². The van der Waals surface area contributed by atoms with Gasteiger partial charge < -0.3 is 9.84 Å². The minimum absolute atomic E-state index is 0.115. The lowest BCUT2D eigenvalue weighted by Crippen LogP contribution is -2.23. The Morgan fingerprint density at radius 1 is 1.22 bits per heavy atom. The number of carbonyl (C=O) groups is 2. The lowest BCUT2D eigenvalue weighted by atomic mass is 9.87. The highest BCUT2D eigenvalue weighted by atomic mass is 16.5. The zero-order valence-corrected chi connectivity index (χ0v) is 9.84. The van der Waals surface area contributed by atoms with E-state index in [1.807, 2.05) is 0 Å². The number of aliphatic hydroxyl groups excluding tert-OH is 1. The Morgan fingerprint density at radius 2 is 1.83 bits per heavy atom.